The molecule has 1 atom stereocenters. The molecule has 0 spiro atoms. The number of amides is 1. The number of hydrogen-bond donors (Lipinski definition) is 2. The van der Waals surface area contributed by atoms with E-state index in [1.165, 1.54) is 18.6 Å². The highest BCUT2D eigenvalue weighted by atomic mass is 32.2. The second-order valence-corrected chi connectivity index (χ2v) is 4.34. The third-order valence-electron chi connectivity index (χ3n) is 2.10. The van der Waals surface area contributed by atoms with E-state index in [9.17, 15) is 4.79 Å². The first-order chi connectivity index (χ1) is 6.72. The summed E-state index contributed by atoms with van der Waals surface area (Å²) in [5.74, 6) is 1.19. The van der Waals surface area contributed by atoms with Gasteiger partial charge in [-0.25, -0.2) is 0 Å². The van der Waals surface area contributed by atoms with Crippen molar-refractivity contribution in [3.05, 3.63) is 0 Å². The molecule has 0 saturated carbocycles. The number of carbonyl (C=O) groups is 1. The van der Waals surface area contributed by atoms with E-state index in [2.05, 4.69) is 11.6 Å². The molecule has 0 aliphatic heterocycles. The summed E-state index contributed by atoms with van der Waals surface area (Å²) in [5.41, 5.74) is 5.56. The number of carbonyl (C=O) groups excluding carboxylic acids is 1. The van der Waals surface area contributed by atoms with Crippen LogP contribution in [0.15, 0.2) is 0 Å². The Morgan fingerprint density at radius 2 is 2.14 bits per heavy atom. The van der Waals surface area contributed by atoms with Gasteiger partial charge in [0.15, 0.2) is 0 Å². The lowest BCUT2D eigenvalue weighted by atomic mass is 10.2. The van der Waals surface area contributed by atoms with Crippen LogP contribution in [0.1, 0.15) is 32.6 Å². The van der Waals surface area contributed by atoms with E-state index >= 15 is 0 Å². The van der Waals surface area contributed by atoms with Crippen LogP contribution in [-0.4, -0.2) is 30.5 Å². The van der Waals surface area contributed by atoms with Crippen LogP contribution in [0.25, 0.3) is 0 Å². The van der Waals surface area contributed by atoms with Crippen LogP contribution in [0.4, 0.5) is 0 Å². The summed E-state index contributed by atoms with van der Waals surface area (Å²) in [5, 5.41) is 2.84. The molecule has 84 valence electrons. The Kier molecular flexibility index (Phi) is 9.19. The summed E-state index contributed by atoms with van der Waals surface area (Å²) in [4.78, 5) is 11.2. The smallest absolute Gasteiger partial charge is 0.236 e. The van der Waals surface area contributed by atoms with Crippen molar-refractivity contribution in [3.63, 3.8) is 0 Å². The van der Waals surface area contributed by atoms with E-state index in [4.69, 9.17) is 5.73 Å². The predicted octanol–water partition coefficient (Wildman–Crippen LogP) is 1.37. The molecule has 0 radical (unpaired) electrons. The zero-order valence-corrected chi connectivity index (χ0v) is 10.0. The van der Waals surface area contributed by atoms with Crippen molar-refractivity contribution in [2.75, 3.05) is 18.6 Å². The molecule has 0 bridgehead atoms. The van der Waals surface area contributed by atoms with Gasteiger partial charge in [-0.1, -0.05) is 13.3 Å². The molecule has 1 unspecified atom stereocenters. The summed E-state index contributed by atoms with van der Waals surface area (Å²) in [6.45, 7) is 2.68. The average molecular weight is 218 g/mol. The van der Waals surface area contributed by atoms with Gasteiger partial charge in [-0.3, -0.25) is 4.79 Å². The fraction of sp³-hybridized carbons (Fsp3) is 0.900. The second-order valence-electron chi connectivity index (χ2n) is 3.36. The quantitative estimate of drug-likeness (QED) is 0.605. The molecule has 0 aromatic carbocycles. The normalized spacial score (nSPS) is 12.5. The summed E-state index contributed by atoms with van der Waals surface area (Å²) in [6, 6.07) is -0.332. The Hall–Kier alpha value is -0.220. The van der Waals surface area contributed by atoms with Gasteiger partial charge in [-0.2, -0.15) is 11.8 Å². The summed E-state index contributed by atoms with van der Waals surface area (Å²) >= 11 is 1.87. The molecule has 4 heteroatoms. The minimum absolute atomic E-state index is 0.0163. The van der Waals surface area contributed by atoms with Gasteiger partial charge in [0, 0.05) is 6.54 Å². The van der Waals surface area contributed by atoms with Crippen molar-refractivity contribution in [2.24, 2.45) is 5.73 Å². The van der Waals surface area contributed by atoms with Gasteiger partial charge in [0.05, 0.1) is 6.04 Å². The van der Waals surface area contributed by atoms with Crippen LogP contribution in [0.2, 0.25) is 0 Å². The first-order valence-electron chi connectivity index (χ1n) is 5.24. The molecule has 0 rings (SSSR count). The standard InChI is InChI=1S/C10H22N2OS/c1-3-9(11)10(13)12-7-5-4-6-8-14-2/h9H,3-8,11H2,1-2H3,(H,12,13). The molecule has 0 heterocycles. The largest absolute Gasteiger partial charge is 0.355 e. The molecule has 1 amide bonds. The van der Waals surface area contributed by atoms with E-state index in [0.29, 0.717) is 6.42 Å². The maximum Gasteiger partial charge on any atom is 0.236 e. The maximum absolute atomic E-state index is 11.2. The topological polar surface area (TPSA) is 55.1 Å². The Labute approximate surface area is 91.2 Å². The predicted molar refractivity (Wildman–Crippen MR) is 63.5 cm³/mol. The first kappa shape index (κ1) is 13.8. The van der Waals surface area contributed by atoms with E-state index in [-0.39, 0.29) is 11.9 Å². The van der Waals surface area contributed by atoms with E-state index < -0.39 is 0 Å². The van der Waals surface area contributed by atoms with Crippen molar-refractivity contribution in [1.82, 2.24) is 5.32 Å². The number of unbranched alkanes of at least 4 members (excludes halogenated alkanes) is 2. The second kappa shape index (κ2) is 9.34. The van der Waals surface area contributed by atoms with Crippen molar-refractivity contribution in [3.8, 4) is 0 Å². The van der Waals surface area contributed by atoms with E-state index in [1.807, 2.05) is 18.7 Å². The van der Waals surface area contributed by atoms with Gasteiger partial charge in [-0.15, -0.1) is 0 Å². The van der Waals surface area contributed by atoms with Gasteiger partial charge >= 0.3 is 0 Å². The number of thioether (sulfide) groups is 1. The Bertz CT molecular complexity index is 153. The molecule has 0 aliphatic rings. The van der Waals surface area contributed by atoms with Gasteiger partial charge in [0.2, 0.25) is 5.91 Å². The molecule has 3 N–H and O–H groups in total. The number of nitrogens with two attached hydrogens (primary N) is 1. The van der Waals surface area contributed by atoms with Crippen LogP contribution >= 0.6 is 11.8 Å². The molecule has 0 fully saturated rings. The average Bonchev–Trinajstić information content (AvgIpc) is 2.21. The number of hydrogen-bond acceptors (Lipinski definition) is 3. The van der Waals surface area contributed by atoms with E-state index in [1.54, 1.807) is 0 Å². The maximum atomic E-state index is 11.2. The number of nitrogens with one attached hydrogen (secondary N) is 1. The van der Waals surface area contributed by atoms with Crippen LogP contribution in [0.3, 0.4) is 0 Å². The summed E-state index contributed by atoms with van der Waals surface area (Å²) in [7, 11) is 0. The molecule has 3 nitrogen and oxygen atoms in total. The lowest BCUT2D eigenvalue weighted by Gasteiger charge is -2.09. The van der Waals surface area contributed by atoms with Crippen molar-refractivity contribution in [2.45, 2.75) is 38.6 Å². The number of rotatable bonds is 8. The monoisotopic (exact) mass is 218 g/mol. The van der Waals surface area contributed by atoms with Crippen molar-refractivity contribution < 1.29 is 4.79 Å². The Balaban J connectivity index is 3.23. The molecule has 0 aromatic rings. The SMILES string of the molecule is CCC(N)C(=O)NCCCCCSC. The highest BCUT2D eigenvalue weighted by Crippen LogP contribution is 2.01. The zero-order valence-electron chi connectivity index (χ0n) is 9.21. The Morgan fingerprint density at radius 1 is 1.43 bits per heavy atom. The van der Waals surface area contributed by atoms with Gasteiger partial charge in [0.25, 0.3) is 0 Å². The van der Waals surface area contributed by atoms with Crippen molar-refractivity contribution in [1.29, 1.82) is 0 Å². The van der Waals surface area contributed by atoms with Crippen LogP contribution in [-0.2, 0) is 4.79 Å². The third-order valence-corrected chi connectivity index (χ3v) is 2.80. The van der Waals surface area contributed by atoms with Gasteiger partial charge < -0.3 is 11.1 Å². The van der Waals surface area contributed by atoms with Gasteiger partial charge in [-0.05, 0) is 31.3 Å². The molecule has 0 aliphatic carbocycles. The minimum atomic E-state index is -0.332. The van der Waals surface area contributed by atoms with Gasteiger partial charge in [0.1, 0.15) is 0 Å². The van der Waals surface area contributed by atoms with Crippen molar-refractivity contribution >= 4 is 17.7 Å². The lowest BCUT2D eigenvalue weighted by Crippen LogP contribution is -2.40. The van der Waals surface area contributed by atoms with Crippen LogP contribution < -0.4 is 11.1 Å². The highest BCUT2D eigenvalue weighted by Gasteiger charge is 2.08. The first-order valence-corrected chi connectivity index (χ1v) is 6.64. The molecule has 0 saturated heterocycles. The van der Waals surface area contributed by atoms with Crippen LogP contribution in [0.5, 0.6) is 0 Å². The fourth-order valence-electron chi connectivity index (χ4n) is 1.08. The highest BCUT2D eigenvalue weighted by molar-refractivity contribution is 7.98. The molecule has 14 heavy (non-hydrogen) atoms. The fourth-order valence-corrected chi connectivity index (χ4v) is 1.57. The Morgan fingerprint density at radius 3 is 2.71 bits per heavy atom. The molecular weight excluding hydrogens is 196 g/mol. The summed E-state index contributed by atoms with van der Waals surface area (Å²) < 4.78 is 0. The third kappa shape index (κ3) is 7.21. The molecular formula is C10H22N2OS. The van der Waals surface area contributed by atoms with Crippen LogP contribution in [0, 0.1) is 0 Å². The van der Waals surface area contributed by atoms with E-state index in [0.717, 1.165) is 13.0 Å². The molecule has 0 aromatic heterocycles. The lowest BCUT2D eigenvalue weighted by molar-refractivity contribution is -0.122. The zero-order chi connectivity index (χ0) is 10.8. The summed E-state index contributed by atoms with van der Waals surface area (Å²) in [6.07, 6.45) is 6.29. The minimum Gasteiger partial charge on any atom is -0.355 e.